The lowest BCUT2D eigenvalue weighted by atomic mass is 10.1. The van der Waals surface area contributed by atoms with Crippen LogP contribution in [0.1, 0.15) is 31.5 Å². The van der Waals surface area contributed by atoms with Crippen molar-refractivity contribution in [3.8, 4) is 11.5 Å². The number of anilines is 1. The number of fused-ring (bicyclic) bond motifs is 1. The molecule has 4 aromatic rings. The largest absolute Gasteiger partial charge is 0.487 e. The third kappa shape index (κ3) is 5.99. The maximum absolute atomic E-state index is 12.5. The first-order valence-corrected chi connectivity index (χ1v) is 11.8. The number of rotatable bonds is 9. The standard InChI is InChI=1S/C25H26N4O4S/c1-16(2)12-22-28-29-23(30)14-19(27-25(29)34-22)15-32-21-11-7-8-18(13-21)26-24(31)17(3)33-20-9-5-4-6-10-20/h4-11,13-14,16-17H,12,15H2,1-3H3,(H,26,31)/t17-/m0/s1. The van der Waals surface area contributed by atoms with Crippen molar-refractivity contribution in [2.45, 2.75) is 39.9 Å². The normalized spacial score (nSPS) is 12.0. The van der Waals surface area contributed by atoms with Gasteiger partial charge < -0.3 is 14.8 Å². The van der Waals surface area contributed by atoms with Gasteiger partial charge >= 0.3 is 0 Å². The zero-order valence-electron chi connectivity index (χ0n) is 19.2. The Labute approximate surface area is 201 Å². The fraction of sp³-hybridized carbons (Fsp3) is 0.280. The number of benzene rings is 2. The summed E-state index contributed by atoms with van der Waals surface area (Å²) in [5.41, 5.74) is 0.864. The molecule has 2 heterocycles. The quantitative estimate of drug-likeness (QED) is 0.385. The van der Waals surface area contributed by atoms with Gasteiger partial charge in [-0.15, -0.1) is 0 Å². The van der Waals surface area contributed by atoms with Crippen LogP contribution in [0.4, 0.5) is 5.69 Å². The number of carbonyl (C=O) groups is 1. The maximum atomic E-state index is 12.5. The number of amides is 1. The Bertz CT molecular complexity index is 1330. The highest BCUT2D eigenvalue weighted by Crippen LogP contribution is 2.20. The molecule has 0 aliphatic rings. The van der Waals surface area contributed by atoms with Crippen molar-refractivity contribution < 1.29 is 14.3 Å². The SMILES string of the molecule is CC(C)Cc1nn2c(=O)cc(COc3cccc(NC(=O)[C@H](C)Oc4ccccc4)c3)nc2s1. The van der Waals surface area contributed by atoms with Crippen molar-refractivity contribution in [1.82, 2.24) is 14.6 Å². The van der Waals surface area contributed by atoms with Crippen LogP contribution in [0.15, 0.2) is 65.5 Å². The van der Waals surface area contributed by atoms with Crippen molar-refractivity contribution in [3.05, 3.63) is 81.7 Å². The van der Waals surface area contributed by atoms with Crippen molar-refractivity contribution in [1.29, 1.82) is 0 Å². The van der Waals surface area contributed by atoms with Gasteiger partial charge in [-0.2, -0.15) is 9.61 Å². The molecule has 1 N–H and O–H groups in total. The van der Waals surface area contributed by atoms with Gasteiger partial charge in [0.25, 0.3) is 11.5 Å². The van der Waals surface area contributed by atoms with Crippen LogP contribution < -0.4 is 20.3 Å². The lowest BCUT2D eigenvalue weighted by Gasteiger charge is -2.15. The van der Waals surface area contributed by atoms with Gasteiger partial charge in [-0.1, -0.05) is 49.4 Å². The summed E-state index contributed by atoms with van der Waals surface area (Å²) in [4.78, 5) is 30.0. The molecule has 2 aromatic heterocycles. The van der Waals surface area contributed by atoms with E-state index in [1.807, 2.05) is 18.2 Å². The van der Waals surface area contributed by atoms with E-state index >= 15 is 0 Å². The molecule has 9 heteroatoms. The molecule has 0 radical (unpaired) electrons. The highest BCUT2D eigenvalue weighted by Gasteiger charge is 2.15. The fourth-order valence-corrected chi connectivity index (χ4v) is 4.35. The summed E-state index contributed by atoms with van der Waals surface area (Å²) in [6, 6.07) is 17.6. The van der Waals surface area contributed by atoms with Crippen LogP contribution in [-0.2, 0) is 17.8 Å². The zero-order valence-corrected chi connectivity index (χ0v) is 20.0. The number of aromatic nitrogens is 3. The van der Waals surface area contributed by atoms with E-state index in [0.717, 1.165) is 11.4 Å². The summed E-state index contributed by atoms with van der Waals surface area (Å²) in [6.45, 7) is 6.02. The molecule has 2 aromatic carbocycles. The Kier molecular flexibility index (Phi) is 7.22. The van der Waals surface area contributed by atoms with E-state index in [2.05, 4.69) is 29.2 Å². The Morgan fingerprint density at radius 1 is 1.06 bits per heavy atom. The zero-order chi connectivity index (χ0) is 24.1. The molecule has 0 saturated carbocycles. The molecule has 4 rings (SSSR count). The maximum Gasteiger partial charge on any atom is 0.275 e. The van der Waals surface area contributed by atoms with Gasteiger partial charge in [0.1, 0.15) is 23.1 Å². The first-order chi connectivity index (χ1) is 16.4. The van der Waals surface area contributed by atoms with Gasteiger partial charge in [0.05, 0.1) is 5.69 Å². The third-order valence-electron chi connectivity index (χ3n) is 4.84. The van der Waals surface area contributed by atoms with Crippen LogP contribution in [0.5, 0.6) is 11.5 Å². The van der Waals surface area contributed by atoms with Crippen LogP contribution in [0.25, 0.3) is 4.96 Å². The summed E-state index contributed by atoms with van der Waals surface area (Å²) in [6.07, 6.45) is 0.128. The molecule has 0 aliphatic carbocycles. The molecule has 1 amide bonds. The number of para-hydroxylation sites is 1. The third-order valence-corrected chi connectivity index (χ3v) is 5.77. The molecule has 34 heavy (non-hydrogen) atoms. The molecule has 0 spiro atoms. The Morgan fingerprint density at radius 2 is 1.82 bits per heavy atom. The predicted molar refractivity (Wildman–Crippen MR) is 132 cm³/mol. The summed E-state index contributed by atoms with van der Waals surface area (Å²) in [5, 5.41) is 8.07. The van der Waals surface area contributed by atoms with E-state index in [1.165, 1.54) is 21.9 Å². The van der Waals surface area contributed by atoms with E-state index in [-0.39, 0.29) is 18.1 Å². The van der Waals surface area contributed by atoms with Crippen LogP contribution >= 0.6 is 11.3 Å². The molecular formula is C25H26N4O4S. The van der Waals surface area contributed by atoms with Gasteiger partial charge in [0.2, 0.25) is 4.96 Å². The van der Waals surface area contributed by atoms with E-state index in [4.69, 9.17) is 9.47 Å². The van der Waals surface area contributed by atoms with Crippen molar-refractivity contribution >= 4 is 27.9 Å². The number of nitrogens with zero attached hydrogens (tertiary/aromatic N) is 3. The Morgan fingerprint density at radius 3 is 2.59 bits per heavy atom. The smallest absolute Gasteiger partial charge is 0.275 e. The molecule has 0 fully saturated rings. The van der Waals surface area contributed by atoms with E-state index < -0.39 is 6.10 Å². The van der Waals surface area contributed by atoms with Gasteiger partial charge in [0, 0.05) is 24.2 Å². The fourth-order valence-electron chi connectivity index (χ4n) is 3.22. The van der Waals surface area contributed by atoms with Gasteiger partial charge in [-0.05, 0) is 37.1 Å². The lowest BCUT2D eigenvalue weighted by molar-refractivity contribution is -0.122. The van der Waals surface area contributed by atoms with E-state index in [9.17, 15) is 9.59 Å². The lowest BCUT2D eigenvalue weighted by Crippen LogP contribution is -2.30. The number of ether oxygens (including phenoxy) is 2. The van der Waals surface area contributed by atoms with Crippen LogP contribution in [0.2, 0.25) is 0 Å². The topological polar surface area (TPSA) is 94.8 Å². The average Bonchev–Trinajstić information content (AvgIpc) is 3.21. The molecule has 0 bridgehead atoms. The van der Waals surface area contributed by atoms with Crippen LogP contribution in [-0.4, -0.2) is 26.6 Å². The molecule has 0 aliphatic heterocycles. The summed E-state index contributed by atoms with van der Waals surface area (Å²) < 4.78 is 12.8. The molecule has 0 unspecified atom stereocenters. The van der Waals surface area contributed by atoms with Gasteiger partial charge in [-0.3, -0.25) is 9.59 Å². The summed E-state index contributed by atoms with van der Waals surface area (Å²) in [5.74, 6) is 1.34. The second-order valence-corrected chi connectivity index (χ2v) is 9.29. The molecule has 8 nitrogen and oxygen atoms in total. The number of nitrogens with one attached hydrogen (secondary N) is 1. The minimum atomic E-state index is -0.670. The Balaban J connectivity index is 1.39. The molecular weight excluding hydrogens is 452 g/mol. The highest BCUT2D eigenvalue weighted by molar-refractivity contribution is 7.16. The van der Waals surface area contributed by atoms with Crippen molar-refractivity contribution in [2.24, 2.45) is 5.92 Å². The minimum Gasteiger partial charge on any atom is -0.487 e. The number of hydrogen-bond donors (Lipinski definition) is 1. The predicted octanol–water partition coefficient (Wildman–Crippen LogP) is 4.33. The summed E-state index contributed by atoms with van der Waals surface area (Å²) >= 11 is 1.41. The van der Waals surface area contributed by atoms with Crippen LogP contribution in [0.3, 0.4) is 0 Å². The van der Waals surface area contributed by atoms with Crippen molar-refractivity contribution in [3.63, 3.8) is 0 Å². The van der Waals surface area contributed by atoms with Crippen LogP contribution in [0, 0.1) is 5.92 Å². The second-order valence-electron chi connectivity index (χ2n) is 8.25. The minimum absolute atomic E-state index is 0.119. The van der Waals surface area contributed by atoms with E-state index in [0.29, 0.717) is 33.8 Å². The summed E-state index contributed by atoms with van der Waals surface area (Å²) in [7, 11) is 0. The molecule has 0 saturated heterocycles. The first kappa shape index (κ1) is 23.4. The van der Waals surface area contributed by atoms with E-state index in [1.54, 1.807) is 43.3 Å². The first-order valence-electron chi connectivity index (χ1n) is 11.0. The second kappa shape index (κ2) is 10.5. The molecule has 176 valence electrons. The molecule has 1 atom stereocenters. The van der Waals surface area contributed by atoms with Crippen molar-refractivity contribution in [2.75, 3.05) is 5.32 Å². The van der Waals surface area contributed by atoms with Gasteiger partial charge in [0.15, 0.2) is 6.10 Å². The van der Waals surface area contributed by atoms with Gasteiger partial charge in [-0.25, -0.2) is 4.98 Å². The highest BCUT2D eigenvalue weighted by atomic mass is 32.1. The average molecular weight is 479 g/mol. The Hall–Kier alpha value is -3.72. The monoisotopic (exact) mass is 478 g/mol. The number of carbonyl (C=O) groups excluding carboxylic acids is 1. The number of hydrogen-bond acceptors (Lipinski definition) is 7.